The average molecular weight is 243 g/mol. The van der Waals surface area contributed by atoms with Crippen LogP contribution in [0.3, 0.4) is 0 Å². The van der Waals surface area contributed by atoms with Crippen molar-refractivity contribution in [2.75, 3.05) is 5.73 Å². The van der Waals surface area contributed by atoms with Crippen molar-refractivity contribution in [3.05, 3.63) is 46.6 Å². The van der Waals surface area contributed by atoms with Crippen LogP contribution in [0, 0.1) is 13.8 Å². The van der Waals surface area contributed by atoms with E-state index in [-0.39, 0.29) is 5.78 Å². The molecule has 0 aliphatic rings. The minimum absolute atomic E-state index is 0.00861. The molecule has 1 heterocycles. The maximum atomic E-state index is 12.2. The topological polar surface area (TPSA) is 60.9 Å². The van der Waals surface area contributed by atoms with Crippen LogP contribution in [-0.4, -0.2) is 15.6 Å². The van der Waals surface area contributed by atoms with Gasteiger partial charge in [0, 0.05) is 13.5 Å². The van der Waals surface area contributed by atoms with Crippen molar-refractivity contribution in [1.29, 1.82) is 0 Å². The first-order chi connectivity index (χ1) is 8.49. The Morgan fingerprint density at radius 1 is 1.39 bits per heavy atom. The molecule has 0 amide bonds. The molecule has 4 nitrogen and oxygen atoms in total. The highest BCUT2D eigenvalue weighted by Gasteiger charge is 2.15. The van der Waals surface area contributed by atoms with Gasteiger partial charge < -0.3 is 5.73 Å². The van der Waals surface area contributed by atoms with Crippen molar-refractivity contribution in [2.24, 2.45) is 7.05 Å². The molecule has 0 saturated heterocycles. The van der Waals surface area contributed by atoms with Crippen molar-refractivity contribution in [3.63, 3.8) is 0 Å². The van der Waals surface area contributed by atoms with Gasteiger partial charge in [-0.05, 0) is 25.0 Å². The van der Waals surface area contributed by atoms with Crippen LogP contribution >= 0.6 is 0 Å². The number of nitrogens with zero attached hydrogens (tertiary/aromatic N) is 2. The van der Waals surface area contributed by atoms with Crippen molar-refractivity contribution < 1.29 is 4.79 Å². The van der Waals surface area contributed by atoms with Gasteiger partial charge in [0.1, 0.15) is 5.82 Å². The Morgan fingerprint density at radius 3 is 2.72 bits per heavy atom. The van der Waals surface area contributed by atoms with Gasteiger partial charge in [-0.25, -0.2) is 0 Å². The first-order valence-corrected chi connectivity index (χ1v) is 5.86. The Balaban J connectivity index is 2.27. The zero-order valence-electron chi connectivity index (χ0n) is 10.9. The van der Waals surface area contributed by atoms with Gasteiger partial charge in [-0.1, -0.05) is 23.8 Å². The minimum Gasteiger partial charge on any atom is -0.383 e. The molecule has 18 heavy (non-hydrogen) atoms. The second-order valence-electron chi connectivity index (χ2n) is 4.60. The zero-order chi connectivity index (χ0) is 13.3. The summed E-state index contributed by atoms with van der Waals surface area (Å²) in [6, 6.07) is 6.12. The second-order valence-corrected chi connectivity index (χ2v) is 4.60. The summed E-state index contributed by atoms with van der Waals surface area (Å²) >= 11 is 0. The fraction of sp³-hybridized carbons (Fsp3) is 0.286. The van der Waals surface area contributed by atoms with Gasteiger partial charge in [-0.15, -0.1) is 0 Å². The Hall–Kier alpha value is -2.10. The summed E-state index contributed by atoms with van der Waals surface area (Å²) in [4.78, 5) is 12.2. The van der Waals surface area contributed by atoms with Gasteiger partial charge in [0.25, 0.3) is 0 Å². The minimum atomic E-state index is 0.00861. The third-order valence-corrected chi connectivity index (χ3v) is 3.14. The monoisotopic (exact) mass is 243 g/mol. The summed E-state index contributed by atoms with van der Waals surface area (Å²) in [7, 11) is 1.73. The summed E-state index contributed by atoms with van der Waals surface area (Å²) < 4.78 is 1.51. The fourth-order valence-corrected chi connectivity index (χ4v) is 1.92. The lowest BCUT2D eigenvalue weighted by Gasteiger charge is -2.06. The number of Topliss-reactive ketones (excluding diaryl/α,β-unsaturated/α-hetero) is 1. The van der Waals surface area contributed by atoms with E-state index in [9.17, 15) is 4.79 Å². The normalized spacial score (nSPS) is 10.6. The Morgan fingerprint density at radius 2 is 2.11 bits per heavy atom. The maximum Gasteiger partial charge on any atom is 0.172 e. The van der Waals surface area contributed by atoms with Gasteiger partial charge in [0.05, 0.1) is 11.8 Å². The molecule has 0 fully saturated rings. The highest BCUT2D eigenvalue weighted by Crippen LogP contribution is 2.16. The van der Waals surface area contributed by atoms with E-state index in [2.05, 4.69) is 5.10 Å². The molecule has 94 valence electrons. The Bertz CT molecular complexity index is 599. The van der Waals surface area contributed by atoms with Crippen molar-refractivity contribution >= 4 is 11.6 Å². The number of ketones is 1. The van der Waals surface area contributed by atoms with Gasteiger partial charge >= 0.3 is 0 Å². The van der Waals surface area contributed by atoms with Crippen LogP contribution in [-0.2, 0) is 13.5 Å². The van der Waals surface area contributed by atoms with Crippen LogP contribution < -0.4 is 5.73 Å². The molecule has 2 rings (SSSR count). The van der Waals surface area contributed by atoms with Crippen LogP contribution in [0.5, 0.6) is 0 Å². The molecule has 0 aliphatic carbocycles. The quantitative estimate of drug-likeness (QED) is 0.839. The summed E-state index contributed by atoms with van der Waals surface area (Å²) in [5, 5.41) is 3.99. The molecule has 0 unspecified atom stereocenters. The predicted octanol–water partition coefficient (Wildman–Crippen LogP) is 2.04. The van der Waals surface area contributed by atoms with Crippen LogP contribution in [0.2, 0.25) is 0 Å². The number of hydrogen-bond donors (Lipinski definition) is 1. The molecular formula is C14H17N3O. The largest absolute Gasteiger partial charge is 0.383 e. The van der Waals surface area contributed by atoms with E-state index in [0.29, 0.717) is 17.8 Å². The lowest BCUT2D eigenvalue weighted by molar-refractivity contribution is 0.0993. The molecular weight excluding hydrogens is 226 g/mol. The SMILES string of the molecule is Cc1ccc(C)c(CC(=O)c2cnn(C)c2N)c1. The first kappa shape index (κ1) is 12.4. The highest BCUT2D eigenvalue weighted by molar-refractivity contribution is 6.01. The van der Waals surface area contributed by atoms with E-state index in [1.807, 2.05) is 32.0 Å². The average Bonchev–Trinajstić information content (AvgIpc) is 2.65. The van der Waals surface area contributed by atoms with E-state index >= 15 is 0 Å². The van der Waals surface area contributed by atoms with Gasteiger partial charge in [-0.3, -0.25) is 9.48 Å². The van der Waals surface area contributed by atoms with Crippen LogP contribution in [0.1, 0.15) is 27.0 Å². The van der Waals surface area contributed by atoms with E-state index in [4.69, 9.17) is 5.73 Å². The molecule has 1 aromatic heterocycles. The molecule has 0 radical (unpaired) electrons. The number of aryl methyl sites for hydroxylation is 3. The third kappa shape index (κ3) is 2.27. The summed E-state index contributed by atoms with van der Waals surface area (Å²) in [6.07, 6.45) is 1.90. The summed E-state index contributed by atoms with van der Waals surface area (Å²) in [5.41, 5.74) is 9.62. The zero-order valence-corrected chi connectivity index (χ0v) is 10.9. The number of aromatic nitrogens is 2. The molecule has 0 aliphatic heterocycles. The highest BCUT2D eigenvalue weighted by atomic mass is 16.1. The predicted molar refractivity (Wildman–Crippen MR) is 71.6 cm³/mol. The van der Waals surface area contributed by atoms with E-state index in [1.54, 1.807) is 7.05 Å². The van der Waals surface area contributed by atoms with Crippen molar-refractivity contribution in [3.8, 4) is 0 Å². The molecule has 0 atom stereocenters. The van der Waals surface area contributed by atoms with Gasteiger partial charge in [-0.2, -0.15) is 5.10 Å². The standard InChI is InChI=1S/C14H17N3O/c1-9-4-5-10(2)11(6-9)7-13(18)12-8-16-17(3)14(12)15/h4-6,8H,7,15H2,1-3H3. The number of hydrogen-bond acceptors (Lipinski definition) is 3. The van der Waals surface area contributed by atoms with Crippen molar-refractivity contribution in [2.45, 2.75) is 20.3 Å². The van der Waals surface area contributed by atoms with Gasteiger partial charge in [0.15, 0.2) is 5.78 Å². The number of benzene rings is 1. The molecule has 0 bridgehead atoms. The van der Waals surface area contributed by atoms with E-state index in [1.165, 1.54) is 10.9 Å². The molecule has 2 aromatic rings. The number of nitrogens with two attached hydrogens (primary N) is 1. The number of nitrogen functional groups attached to an aromatic ring is 1. The molecule has 1 aromatic carbocycles. The van der Waals surface area contributed by atoms with Crippen molar-refractivity contribution in [1.82, 2.24) is 9.78 Å². The van der Waals surface area contributed by atoms with Crippen LogP contribution in [0.25, 0.3) is 0 Å². The summed E-state index contributed by atoms with van der Waals surface area (Å²) in [6.45, 7) is 4.03. The molecule has 2 N–H and O–H groups in total. The Kier molecular flexibility index (Phi) is 3.19. The molecule has 4 heteroatoms. The lowest BCUT2D eigenvalue weighted by atomic mass is 9.99. The number of carbonyl (C=O) groups excluding carboxylic acids is 1. The summed E-state index contributed by atoms with van der Waals surface area (Å²) in [5.74, 6) is 0.430. The van der Waals surface area contributed by atoms with Gasteiger partial charge in [0.2, 0.25) is 0 Å². The first-order valence-electron chi connectivity index (χ1n) is 5.86. The van der Waals surface area contributed by atoms with E-state index < -0.39 is 0 Å². The maximum absolute atomic E-state index is 12.2. The molecule has 0 spiro atoms. The second kappa shape index (κ2) is 4.64. The Labute approximate surface area is 106 Å². The number of anilines is 1. The number of carbonyl (C=O) groups is 1. The van der Waals surface area contributed by atoms with Crippen LogP contribution in [0.4, 0.5) is 5.82 Å². The fourth-order valence-electron chi connectivity index (χ4n) is 1.92. The third-order valence-electron chi connectivity index (χ3n) is 3.14. The molecule has 0 saturated carbocycles. The number of rotatable bonds is 3. The van der Waals surface area contributed by atoms with Crippen LogP contribution in [0.15, 0.2) is 24.4 Å². The van der Waals surface area contributed by atoms with E-state index in [0.717, 1.165) is 16.7 Å². The smallest absolute Gasteiger partial charge is 0.172 e. The lowest BCUT2D eigenvalue weighted by Crippen LogP contribution is -2.08.